The van der Waals surface area contributed by atoms with Gasteiger partial charge in [0, 0.05) is 18.0 Å². The Hall–Kier alpha value is -2.08. The maximum Gasteiger partial charge on any atom is 0.258 e. The zero-order chi connectivity index (χ0) is 24.3. The molecule has 1 aromatic carbocycles. The summed E-state index contributed by atoms with van der Waals surface area (Å²) in [6.07, 6.45) is 7.74. The van der Waals surface area contributed by atoms with Gasteiger partial charge in [-0.25, -0.2) is 0 Å². The van der Waals surface area contributed by atoms with Crippen LogP contribution in [0.3, 0.4) is 0 Å². The van der Waals surface area contributed by atoms with Crippen molar-refractivity contribution in [3.8, 4) is 5.75 Å². The minimum Gasteiger partial charge on any atom is -0.484 e. The van der Waals surface area contributed by atoms with Crippen LogP contribution in [0.5, 0.6) is 5.75 Å². The lowest BCUT2D eigenvalue weighted by Crippen LogP contribution is -2.59. The molecule has 6 heteroatoms. The van der Waals surface area contributed by atoms with Gasteiger partial charge in [-0.05, 0) is 73.8 Å². The first-order valence-electron chi connectivity index (χ1n) is 13.2. The highest BCUT2D eigenvalue weighted by Gasteiger charge is 2.53. The third kappa shape index (κ3) is 5.42. The van der Waals surface area contributed by atoms with Gasteiger partial charge in [0.25, 0.3) is 5.91 Å². The Bertz CT molecular complexity index is 840. The molecule has 6 nitrogen and oxygen atoms in total. The van der Waals surface area contributed by atoms with Crippen LogP contribution >= 0.6 is 0 Å². The summed E-state index contributed by atoms with van der Waals surface area (Å²) >= 11 is 0. The van der Waals surface area contributed by atoms with Crippen molar-refractivity contribution in [1.82, 2.24) is 10.6 Å². The van der Waals surface area contributed by atoms with Gasteiger partial charge >= 0.3 is 0 Å². The third-order valence-electron chi connectivity index (χ3n) is 9.10. The Balaban J connectivity index is 1.37. The van der Waals surface area contributed by atoms with Crippen molar-refractivity contribution in [3.05, 3.63) is 30.3 Å². The van der Waals surface area contributed by atoms with Crippen molar-refractivity contribution < 1.29 is 19.4 Å². The molecule has 7 atom stereocenters. The van der Waals surface area contributed by atoms with Gasteiger partial charge in [0.15, 0.2) is 6.61 Å². The molecule has 34 heavy (non-hydrogen) atoms. The SMILES string of the molecule is C[C@@H]1[C@@H]2[C@@H](O)[C@H]([C@H](C)C(=O)NC3CCCC3)CC[C@]2(C)CC[C@@H]1NC(=O)COc1ccccc1. The molecule has 0 bridgehead atoms. The molecule has 3 fully saturated rings. The molecule has 4 rings (SSSR count). The number of para-hydroxylation sites is 1. The summed E-state index contributed by atoms with van der Waals surface area (Å²) in [4.78, 5) is 25.6. The van der Waals surface area contributed by atoms with E-state index in [2.05, 4.69) is 24.5 Å². The maximum atomic E-state index is 13.0. The predicted octanol–water partition coefficient (Wildman–Crippen LogP) is 4.07. The predicted molar refractivity (Wildman–Crippen MR) is 132 cm³/mol. The second-order valence-corrected chi connectivity index (χ2v) is 11.3. The van der Waals surface area contributed by atoms with E-state index in [0.29, 0.717) is 11.8 Å². The standard InChI is InChI=1S/C28H42N2O4/c1-18(27(33)29-20-9-7-8-10-20)22-13-15-28(3)16-14-23(19(2)25(28)26(22)32)30-24(31)17-34-21-11-5-4-6-12-21/h4-6,11-12,18-20,22-23,25-26,32H,7-10,13-17H2,1-3H3,(H,29,33)(H,30,31)/t18-,19-,22-,23-,25+,26-,28+/m0/s1. The number of nitrogens with one attached hydrogen (secondary N) is 2. The normalized spacial score (nSPS) is 34.6. The minimum atomic E-state index is -0.543. The number of amides is 2. The molecule has 0 saturated heterocycles. The van der Waals surface area contributed by atoms with Crippen molar-refractivity contribution >= 4 is 11.8 Å². The van der Waals surface area contributed by atoms with Crippen LogP contribution in [0.2, 0.25) is 0 Å². The van der Waals surface area contributed by atoms with Crippen LogP contribution in [0.15, 0.2) is 30.3 Å². The largest absolute Gasteiger partial charge is 0.484 e. The van der Waals surface area contributed by atoms with Crippen molar-refractivity contribution in [2.45, 2.75) is 90.3 Å². The van der Waals surface area contributed by atoms with Gasteiger partial charge in [0.1, 0.15) is 5.75 Å². The van der Waals surface area contributed by atoms with Gasteiger partial charge in [-0.15, -0.1) is 0 Å². The second kappa shape index (κ2) is 10.7. The first-order chi connectivity index (χ1) is 16.3. The number of benzene rings is 1. The molecule has 0 radical (unpaired) electrons. The van der Waals surface area contributed by atoms with Gasteiger partial charge in [-0.3, -0.25) is 9.59 Å². The Morgan fingerprint density at radius 1 is 1.09 bits per heavy atom. The second-order valence-electron chi connectivity index (χ2n) is 11.3. The van der Waals surface area contributed by atoms with E-state index in [1.807, 2.05) is 37.3 Å². The van der Waals surface area contributed by atoms with E-state index in [-0.39, 0.29) is 53.5 Å². The molecule has 1 aromatic rings. The summed E-state index contributed by atoms with van der Waals surface area (Å²) in [5.41, 5.74) is 0.0404. The number of carbonyl (C=O) groups is 2. The van der Waals surface area contributed by atoms with E-state index in [1.54, 1.807) is 0 Å². The Morgan fingerprint density at radius 3 is 2.47 bits per heavy atom. The highest BCUT2D eigenvalue weighted by molar-refractivity contribution is 5.79. The number of aliphatic hydroxyl groups is 1. The topological polar surface area (TPSA) is 87.7 Å². The van der Waals surface area contributed by atoms with Gasteiger partial charge in [-0.2, -0.15) is 0 Å². The average Bonchev–Trinajstić information content (AvgIpc) is 3.33. The van der Waals surface area contributed by atoms with Gasteiger partial charge in [-0.1, -0.05) is 51.8 Å². The molecule has 3 aliphatic rings. The fourth-order valence-electron chi connectivity index (χ4n) is 7.01. The van der Waals surface area contributed by atoms with Gasteiger partial charge in [0.2, 0.25) is 5.91 Å². The first-order valence-corrected chi connectivity index (χ1v) is 13.2. The summed E-state index contributed by atoms with van der Waals surface area (Å²) < 4.78 is 5.62. The zero-order valence-corrected chi connectivity index (χ0v) is 21.0. The molecule has 3 aliphatic carbocycles. The number of rotatable bonds is 7. The lowest BCUT2D eigenvalue weighted by molar-refractivity contribution is -0.144. The fraction of sp³-hybridized carbons (Fsp3) is 0.714. The number of fused-ring (bicyclic) bond motifs is 1. The molecular formula is C28H42N2O4. The zero-order valence-electron chi connectivity index (χ0n) is 21.0. The van der Waals surface area contributed by atoms with Crippen molar-refractivity contribution in [3.63, 3.8) is 0 Å². The van der Waals surface area contributed by atoms with E-state index in [9.17, 15) is 14.7 Å². The van der Waals surface area contributed by atoms with Crippen LogP contribution in [0.25, 0.3) is 0 Å². The van der Waals surface area contributed by atoms with E-state index in [0.717, 1.165) is 38.5 Å². The van der Waals surface area contributed by atoms with Crippen molar-refractivity contribution in [2.24, 2.45) is 29.1 Å². The van der Waals surface area contributed by atoms with E-state index in [4.69, 9.17) is 4.74 Å². The summed E-state index contributed by atoms with van der Waals surface area (Å²) in [6, 6.07) is 9.65. The molecule has 0 aromatic heterocycles. The number of hydrogen-bond acceptors (Lipinski definition) is 4. The summed E-state index contributed by atoms with van der Waals surface area (Å²) in [6.45, 7) is 6.40. The molecule has 2 amide bonds. The molecule has 0 heterocycles. The average molecular weight is 471 g/mol. The molecular weight excluding hydrogens is 428 g/mol. The minimum absolute atomic E-state index is 0.000898. The van der Waals surface area contributed by atoms with Crippen LogP contribution in [0, 0.1) is 29.1 Å². The lowest BCUT2D eigenvalue weighted by atomic mass is 9.51. The van der Waals surface area contributed by atoms with Crippen LogP contribution in [0.4, 0.5) is 0 Å². The van der Waals surface area contributed by atoms with Gasteiger partial charge in [0.05, 0.1) is 6.10 Å². The molecule has 0 aliphatic heterocycles. The van der Waals surface area contributed by atoms with E-state index < -0.39 is 6.10 Å². The lowest BCUT2D eigenvalue weighted by Gasteiger charge is -2.56. The van der Waals surface area contributed by atoms with E-state index >= 15 is 0 Å². The first kappa shape index (κ1) is 25.0. The highest BCUT2D eigenvalue weighted by atomic mass is 16.5. The summed E-state index contributed by atoms with van der Waals surface area (Å²) in [7, 11) is 0. The van der Waals surface area contributed by atoms with Crippen molar-refractivity contribution in [2.75, 3.05) is 6.61 Å². The highest BCUT2D eigenvalue weighted by Crippen LogP contribution is 2.55. The molecule has 0 spiro atoms. The Morgan fingerprint density at radius 2 is 1.76 bits per heavy atom. The van der Waals surface area contributed by atoms with Crippen LogP contribution in [0.1, 0.15) is 72.1 Å². The smallest absolute Gasteiger partial charge is 0.258 e. The van der Waals surface area contributed by atoms with Crippen LogP contribution in [-0.4, -0.2) is 41.7 Å². The summed E-state index contributed by atoms with van der Waals surface area (Å²) in [5, 5.41) is 18.0. The summed E-state index contributed by atoms with van der Waals surface area (Å²) in [5.74, 6) is 0.572. The quantitative estimate of drug-likeness (QED) is 0.561. The monoisotopic (exact) mass is 470 g/mol. The maximum absolute atomic E-state index is 13.0. The number of carbonyl (C=O) groups excluding carboxylic acids is 2. The fourth-order valence-corrected chi connectivity index (χ4v) is 7.01. The number of aliphatic hydroxyl groups excluding tert-OH is 1. The van der Waals surface area contributed by atoms with Crippen LogP contribution in [-0.2, 0) is 9.59 Å². The molecule has 0 unspecified atom stereocenters. The van der Waals surface area contributed by atoms with Gasteiger partial charge < -0.3 is 20.5 Å². The molecule has 3 N–H and O–H groups in total. The molecule has 3 saturated carbocycles. The van der Waals surface area contributed by atoms with Crippen LogP contribution < -0.4 is 15.4 Å². The number of hydrogen-bond donors (Lipinski definition) is 3. The Kier molecular flexibility index (Phi) is 7.86. The van der Waals surface area contributed by atoms with E-state index in [1.165, 1.54) is 12.8 Å². The number of ether oxygens (including phenoxy) is 1. The van der Waals surface area contributed by atoms with Crippen molar-refractivity contribution in [1.29, 1.82) is 0 Å². The Labute approximate surface area is 204 Å². The third-order valence-corrected chi connectivity index (χ3v) is 9.10. The molecule has 188 valence electrons.